The van der Waals surface area contributed by atoms with Crippen LogP contribution in [0.3, 0.4) is 0 Å². The van der Waals surface area contributed by atoms with Crippen molar-refractivity contribution in [3.8, 4) is 0 Å². The van der Waals surface area contributed by atoms with E-state index in [2.05, 4.69) is 15.4 Å². The standard InChI is InChI=1S/C13H23N5O2/c1-10-7-11(17-14)16-12(15-10)8-18(2)9-13(19)3-5-20-6-4-13/h7,19H,3-6,8-9,14H2,1-2H3,(H,15,16,17). The molecule has 2 heterocycles. The van der Waals surface area contributed by atoms with Gasteiger partial charge in [0, 0.05) is 44.4 Å². The first-order valence-corrected chi connectivity index (χ1v) is 6.81. The molecule has 0 saturated carbocycles. The van der Waals surface area contributed by atoms with Crippen molar-refractivity contribution in [2.75, 3.05) is 32.2 Å². The Bertz CT molecular complexity index is 448. The molecule has 7 nitrogen and oxygen atoms in total. The minimum absolute atomic E-state index is 0.569. The molecule has 0 unspecified atom stereocenters. The van der Waals surface area contributed by atoms with Crippen molar-refractivity contribution >= 4 is 5.82 Å². The molecule has 1 saturated heterocycles. The number of nitrogens with zero attached hydrogens (tertiary/aromatic N) is 3. The van der Waals surface area contributed by atoms with Crippen molar-refractivity contribution in [3.63, 3.8) is 0 Å². The normalized spacial score (nSPS) is 18.2. The van der Waals surface area contributed by atoms with Crippen LogP contribution in [0.5, 0.6) is 0 Å². The van der Waals surface area contributed by atoms with Gasteiger partial charge in [0.05, 0.1) is 12.1 Å². The van der Waals surface area contributed by atoms with E-state index in [-0.39, 0.29) is 0 Å². The minimum atomic E-state index is -0.675. The highest BCUT2D eigenvalue weighted by molar-refractivity contribution is 5.33. The van der Waals surface area contributed by atoms with Crippen LogP contribution in [0, 0.1) is 6.92 Å². The molecule has 1 aromatic heterocycles. The fourth-order valence-corrected chi connectivity index (χ4v) is 2.48. The van der Waals surface area contributed by atoms with Crippen molar-refractivity contribution in [2.45, 2.75) is 31.9 Å². The smallest absolute Gasteiger partial charge is 0.145 e. The van der Waals surface area contributed by atoms with Gasteiger partial charge in [-0.2, -0.15) is 0 Å². The molecule has 1 fully saturated rings. The van der Waals surface area contributed by atoms with E-state index in [9.17, 15) is 5.11 Å². The zero-order valence-electron chi connectivity index (χ0n) is 12.1. The number of aliphatic hydroxyl groups is 1. The van der Waals surface area contributed by atoms with E-state index >= 15 is 0 Å². The summed E-state index contributed by atoms with van der Waals surface area (Å²) in [7, 11) is 1.95. The Hall–Kier alpha value is -1.28. The van der Waals surface area contributed by atoms with Crippen LogP contribution in [-0.4, -0.2) is 52.4 Å². The minimum Gasteiger partial charge on any atom is -0.388 e. The summed E-state index contributed by atoms with van der Waals surface area (Å²) < 4.78 is 5.29. The van der Waals surface area contributed by atoms with E-state index in [1.54, 1.807) is 6.07 Å². The highest BCUT2D eigenvalue weighted by Crippen LogP contribution is 2.21. The zero-order chi connectivity index (χ0) is 14.6. The maximum atomic E-state index is 10.5. The predicted octanol–water partition coefficient (Wildman–Crippen LogP) is 0.0439. The van der Waals surface area contributed by atoms with Gasteiger partial charge in [0.15, 0.2) is 0 Å². The van der Waals surface area contributed by atoms with Crippen molar-refractivity contribution in [1.29, 1.82) is 0 Å². The van der Waals surface area contributed by atoms with Gasteiger partial charge < -0.3 is 15.3 Å². The number of aromatic nitrogens is 2. The lowest BCUT2D eigenvalue weighted by Gasteiger charge is -2.35. The Morgan fingerprint density at radius 3 is 2.80 bits per heavy atom. The number of nitrogens with two attached hydrogens (primary N) is 1. The summed E-state index contributed by atoms with van der Waals surface area (Å²) in [6, 6.07) is 1.79. The number of hydrogen-bond acceptors (Lipinski definition) is 7. The van der Waals surface area contributed by atoms with Crippen molar-refractivity contribution in [2.24, 2.45) is 5.84 Å². The lowest BCUT2D eigenvalue weighted by Crippen LogP contribution is -2.45. The molecular weight excluding hydrogens is 258 g/mol. The quantitative estimate of drug-likeness (QED) is 0.518. The van der Waals surface area contributed by atoms with Gasteiger partial charge in [-0.15, -0.1) is 0 Å². The third-order valence-electron chi connectivity index (χ3n) is 3.45. The number of anilines is 1. The van der Waals surface area contributed by atoms with Crippen LogP contribution in [-0.2, 0) is 11.3 Å². The molecule has 0 spiro atoms. The van der Waals surface area contributed by atoms with E-state index in [0.717, 1.165) is 5.69 Å². The van der Waals surface area contributed by atoms with Gasteiger partial charge in [-0.05, 0) is 14.0 Å². The van der Waals surface area contributed by atoms with Gasteiger partial charge in [0.1, 0.15) is 11.6 Å². The highest BCUT2D eigenvalue weighted by atomic mass is 16.5. The molecule has 1 aliphatic rings. The molecule has 7 heteroatoms. The average molecular weight is 281 g/mol. The molecule has 0 aromatic carbocycles. The second-order valence-electron chi connectivity index (χ2n) is 5.46. The lowest BCUT2D eigenvalue weighted by atomic mass is 9.94. The molecule has 1 aliphatic heterocycles. The number of rotatable bonds is 5. The fourth-order valence-electron chi connectivity index (χ4n) is 2.48. The molecule has 0 aliphatic carbocycles. The van der Waals surface area contributed by atoms with E-state index in [1.807, 2.05) is 18.9 Å². The Balaban J connectivity index is 1.96. The molecule has 0 bridgehead atoms. The van der Waals surface area contributed by atoms with Gasteiger partial charge in [-0.3, -0.25) is 4.90 Å². The van der Waals surface area contributed by atoms with Gasteiger partial charge in [-0.25, -0.2) is 15.8 Å². The number of aryl methyl sites for hydroxylation is 1. The summed E-state index contributed by atoms with van der Waals surface area (Å²) in [4.78, 5) is 10.7. The van der Waals surface area contributed by atoms with Crippen LogP contribution < -0.4 is 11.3 Å². The third kappa shape index (κ3) is 4.11. The Labute approximate surface area is 119 Å². The van der Waals surface area contributed by atoms with Crippen LogP contribution >= 0.6 is 0 Å². The van der Waals surface area contributed by atoms with E-state index in [4.69, 9.17) is 10.6 Å². The van der Waals surface area contributed by atoms with Crippen LogP contribution in [0.25, 0.3) is 0 Å². The van der Waals surface area contributed by atoms with Crippen LogP contribution in [0.15, 0.2) is 6.07 Å². The zero-order valence-corrected chi connectivity index (χ0v) is 12.1. The molecule has 2 rings (SSSR count). The summed E-state index contributed by atoms with van der Waals surface area (Å²) in [6.07, 6.45) is 1.34. The summed E-state index contributed by atoms with van der Waals surface area (Å²) >= 11 is 0. The summed E-state index contributed by atoms with van der Waals surface area (Å²) in [5, 5.41) is 10.5. The van der Waals surface area contributed by atoms with Gasteiger partial charge in [-0.1, -0.05) is 0 Å². The maximum absolute atomic E-state index is 10.5. The van der Waals surface area contributed by atoms with Crippen molar-refractivity contribution < 1.29 is 9.84 Å². The first kappa shape index (κ1) is 15.1. The maximum Gasteiger partial charge on any atom is 0.145 e. The average Bonchev–Trinajstić information content (AvgIpc) is 2.37. The monoisotopic (exact) mass is 281 g/mol. The van der Waals surface area contributed by atoms with Crippen LogP contribution in [0.4, 0.5) is 5.82 Å². The highest BCUT2D eigenvalue weighted by Gasteiger charge is 2.31. The topological polar surface area (TPSA) is 96.5 Å². The van der Waals surface area contributed by atoms with E-state index in [1.165, 1.54) is 0 Å². The Kier molecular flexibility index (Phi) is 4.87. The molecule has 0 radical (unpaired) electrons. The number of likely N-dealkylation sites (N-methyl/N-ethyl adjacent to an activating group) is 1. The van der Waals surface area contributed by atoms with Crippen molar-refractivity contribution in [1.82, 2.24) is 14.9 Å². The lowest BCUT2D eigenvalue weighted by molar-refractivity contribution is -0.0779. The van der Waals surface area contributed by atoms with E-state index in [0.29, 0.717) is 50.8 Å². The molecule has 0 amide bonds. The Morgan fingerprint density at radius 1 is 1.45 bits per heavy atom. The van der Waals surface area contributed by atoms with Gasteiger partial charge in [0.25, 0.3) is 0 Å². The van der Waals surface area contributed by atoms with Gasteiger partial charge in [0.2, 0.25) is 0 Å². The van der Waals surface area contributed by atoms with Gasteiger partial charge >= 0.3 is 0 Å². The fraction of sp³-hybridized carbons (Fsp3) is 0.692. The Morgan fingerprint density at radius 2 is 2.15 bits per heavy atom. The number of nitrogens with one attached hydrogen (secondary N) is 1. The largest absolute Gasteiger partial charge is 0.388 e. The number of ether oxygens (including phenoxy) is 1. The SMILES string of the molecule is Cc1cc(NN)nc(CN(C)CC2(O)CCOCC2)n1. The molecular formula is C13H23N5O2. The number of hydrogen-bond donors (Lipinski definition) is 3. The summed E-state index contributed by atoms with van der Waals surface area (Å²) in [5.41, 5.74) is 2.72. The second-order valence-corrected chi connectivity index (χ2v) is 5.46. The number of nitrogen functional groups attached to an aromatic ring is 1. The molecule has 20 heavy (non-hydrogen) atoms. The molecule has 1 aromatic rings. The predicted molar refractivity (Wildman–Crippen MR) is 75.9 cm³/mol. The molecule has 4 N–H and O–H groups in total. The molecule has 0 atom stereocenters. The first-order chi connectivity index (χ1) is 9.50. The van der Waals surface area contributed by atoms with Crippen LogP contribution in [0.1, 0.15) is 24.4 Å². The first-order valence-electron chi connectivity index (χ1n) is 6.81. The summed E-state index contributed by atoms with van der Waals surface area (Å²) in [5.74, 6) is 6.67. The van der Waals surface area contributed by atoms with E-state index < -0.39 is 5.60 Å². The third-order valence-corrected chi connectivity index (χ3v) is 3.45. The summed E-state index contributed by atoms with van der Waals surface area (Å²) in [6.45, 7) is 4.29. The number of hydrazine groups is 1. The molecule has 112 valence electrons. The van der Waals surface area contributed by atoms with Crippen molar-refractivity contribution in [3.05, 3.63) is 17.6 Å². The van der Waals surface area contributed by atoms with Crippen LogP contribution in [0.2, 0.25) is 0 Å². The second kappa shape index (κ2) is 6.45.